The van der Waals surface area contributed by atoms with E-state index >= 15 is 0 Å². The molecule has 156 valence electrons. The maximum atomic E-state index is 6.26. The van der Waals surface area contributed by atoms with E-state index < -0.39 is 0 Å². The second-order valence-electron chi connectivity index (χ2n) is 8.25. The summed E-state index contributed by atoms with van der Waals surface area (Å²) in [4.78, 5) is 9.48. The lowest BCUT2D eigenvalue weighted by Gasteiger charge is -2.32. The fourth-order valence-electron chi connectivity index (χ4n) is 4.44. The molecule has 2 aliphatic rings. The molecule has 4 nitrogen and oxygen atoms in total. The van der Waals surface area contributed by atoms with Gasteiger partial charge in [-0.2, -0.15) is 0 Å². The van der Waals surface area contributed by atoms with E-state index in [0.717, 1.165) is 31.9 Å². The molecule has 0 bridgehead atoms. The van der Waals surface area contributed by atoms with Crippen molar-refractivity contribution in [3.05, 3.63) is 57.2 Å². The maximum absolute atomic E-state index is 6.26. The summed E-state index contributed by atoms with van der Waals surface area (Å²) in [6.45, 7) is 6.14. The molecule has 0 amide bonds. The molecule has 1 fully saturated rings. The molecule has 6 heteroatoms. The molecule has 1 atom stereocenters. The van der Waals surface area contributed by atoms with Crippen LogP contribution in [0.3, 0.4) is 0 Å². The van der Waals surface area contributed by atoms with Crippen LogP contribution in [0.4, 0.5) is 0 Å². The van der Waals surface area contributed by atoms with Crippen molar-refractivity contribution in [1.82, 2.24) is 14.8 Å². The summed E-state index contributed by atoms with van der Waals surface area (Å²) < 4.78 is 5.98. The molecule has 1 aromatic carbocycles. The van der Waals surface area contributed by atoms with Gasteiger partial charge in [0.2, 0.25) is 5.88 Å². The topological polar surface area (TPSA) is 28.6 Å². The van der Waals surface area contributed by atoms with Crippen LogP contribution in [-0.2, 0) is 6.54 Å². The Morgan fingerprint density at radius 3 is 2.72 bits per heavy atom. The number of ether oxygens (including phenoxy) is 1. The zero-order valence-corrected chi connectivity index (χ0v) is 18.6. The maximum Gasteiger partial charge on any atom is 0.213 e. The zero-order valence-electron chi connectivity index (χ0n) is 17.0. The van der Waals surface area contributed by atoms with Gasteiger partial charge in [0.05, 0.1) is 16.7 Å². The van der Waals surface area contributed by atoms with Gasteiger partial charge in [0.15, 0.2) is 0 Å². The average molecular weight is 434 g/mol. The van der Waals surface area contributed by atoms with Gasteiger partial charge < -0.3 is 14.5 Å². The number of fused-ring (bicyclic) bond motifs is 1. The van der Waals surface area contributed by atoms with Gasteiger partial charge in [0.25, 0.3) is 0 Å². The molecule has 29 heavy (non-hydrogen) atoms. The second kappa shape index (κ2) is 9.65. The van der Waals surface area contributed by atoms with Crippen molar-refractivity contribution >= 4 is 23.2 Å². The van der Waals surface area contributed by atoms with Crippen LogP contribution in [0, 0.1) is 0 Å². The van der Waals surface area contributed by atoms with E-state index in [9.17, 15) is 0 Å². The highest BCUT2D eigenvalue weighted by molar-refractivity contribution is 6.42. The van der Waals surface area contributed by atoms with Crippen LogP contribution in [-0.4, -0.2) is 54.6 Å². The Morgan fingerprint density at radius 2 is 1.93 bits per heavy atom. The molecule has 0 saturated carbocycles. The fourth-order valence-corrected chi connectivity index (χ4v) is 4.75. The molecule has 0 radical (unpaired) electrons. The largest absolute Gasteiger partial charge is 0.478 e. The number of hydrogen-bond acceptors (Lipinski definition) is 4. The lowest BCUT2D eigenvalue weighted by atomic mass is 9.86. The highest BCUT2D eigenvalue weighted by Gasteiger charge is 2.26. The summed E-state index contributed by atoms with van der Waals surface area (Å²) in [5.41, 5.74) is 3.70. The lowest BCUT2D eigenvalue weighted by molar-refractivity contribution is 0.202. The molecule has 4 rings (SSSR count). The van der Waals surface area contributed by atoms with Gasteiger partial charge in [-0.05, 0) is 68.2 Å². The minimum Gasteiger partial charge on any atom is -0.478 e. The van der Waals surface area contributed by atoms with Gasteiger partial charge in [-0.15, -0.1) is 0 Å². The number of aromatic nitrogens is 1. The van der Waals surface area contributed by atoms with Crippen molar-refractivity contribution in [2.24, 2.45) is 0 Å². The van der Waals surface area contributed by atoms with E-state index in [-0.39, 0.29) is 5.92 Å². The first kappa shape index (κ1) is 20.9. The number of hydrogen-bond donors (Lipinski definition) is 0. The van der Waals surface area contributed by atoms with Gasteiger partial charge in [-0.3, -0.25) is 0 Å². The molecule has 0 spiro atoms. The molecule has 0 N–H and O–H groups in total. The van der Waals surface area contributed by atoms with Gasteiger partial charge in [-0.1, -0.05) is 35.7 Å². The third-order valence-electron chi connectivity index (χ3n) is 5.97. The summed E-state index contributed by atoms with van der Waals surface area (Å²) in [6.07, 6.45) is 7.07. The number of rotatable bonds is 6. The SMILES string of the molecule is CN1Cc2cc(OCCCN3CCCCC3)ncc2[C@H](c2ccc(Cl)c(Cl)c2)C1. The molecule has 1 saturated heterocycles. The normalized spacial score (nSPS) is 20.4. The third kappa shape index (κ3) is 5.24. The van der Waals surface area contributed by atoms with Crippen LogP contribution in [0.2, 0.25) is 10.0 Å². The third-order valence-corrected chi connectivity index (χ3v) is 6.71. The van der Waals surface area contributed by atoms with Crippen molar-refractivity contribution in [2.75, 3.05) is 39.8 Å². The Labute approximate surface area is 183 Å². The predicted molar refractivity (Wildman–Crippen MR) is 119 cm³/mol. The predicted octanol–water partition coefficient (Wildman–Crippen LogP) is 5.22. The molecule has 3 heterocycles. The summed E-state index contributed by atoms with van der Waals surface area (Å²) >= 11 is 12.4. The van der Waals surface area contributed by atoms with Crippen LogP contribution < -0.4 is 4.74 Å². The summed E-state index contributed by atoms with van der Waals surface area (Å²) in [5.74, 6) is 0.963. The molecular weight excluding hydrogens is 405 g/mol. The average Bonchev–Trinajstić information content (AvgIpc) is 2.73. The molecule has 2 aromatic rings. The first-order valence-electron chi connectivity index (χ1n) is 10.6. The van der Waals surface area contributed by atoms with Crippen molar-refractivity contribution < 1.29 is 4.74 Å². The Morgan fingerprint density at radius 1 is 1.10 bits per heavy atom. The van der Waals surface area contributed by atoms with E-state index in [4.69, 9.17) is 27.9 Å². The number of likely N-dealkylation sites (N-methyl/N-ethyl adjacent to an activating group) is 1. The Kier molecular flexibility index (Phi) is 6.96. The first-order chi connectivity index (χ1) is 14.1. The van der Waals surface area contributed by atoms with E-state index in [1.165, 1.54) is 49.0 Å². The number of pyridine rings is 1. The summed E-state index contributed by atoms with van der Waals surface area (Å²) in [5, 5.41) is 1.19. The molecule has 2 aliphatic heterocycles. The summed E-state index contributed by atoms with van der Waals surface area (Å²) in [6, 6.07) is 8.02. The van der Waals surface area contributed by atoms with Gasteiger partial charge in [-0.25, -0.2) is 4.98 Å². The Balaban J connectivity index is 1.41. The molecule has 1 aromatic heterocycles. The highest BCUT2D eigenvalue weighted by atomic mass is 35.5. The number of halogens is 2. The van der Waals surface area contributed by atoms with Crippen molar-refractivity contribution in [3.63, 3.8) is 0 Å². The number of likely N-dealkylation sites (tertiary alicyclic amines) is 1. The van der Waals surface area contributed by atoms with E-state index in [1.54, 1.807) is 0 Å². The van der Waals surface area contributed by atoms with Gasteiger partial charge >= 0.3 is 0 Å². The van der Waals surface area contributed by atoms with Gasteiger partial charge in [0, 0.05) is 37.8 Å². The smallest absolute Gasteiger partial charge is 0.213 e. The fraction of sp³-hybridized carbons (Fsp3) is 0.522. The van der Waals surface area contributed by atoms with Crippen LogP contribution in [0.1, 0.15) is 48.3 Å². The zero-order chi connectivity index (χ0) is 20.2. The second-order valence-corrected chi connectivity index (χ2v) is 9.06. The highest BCUT2D eigenvalue weighted by Crippen LogP contribution is 2.36. The van der Waals surface area contributed by atoms with Crippen LogP contribution in [0.15, 0.2) is 30.5 Å². The van der Waals surface area contributed by atoms with E-state index in [2.05, 4.69) is 34.0 Å². The number of benzene rings is 1. The molecular formula is C23H29Cl2N3O. The summed E-state index contributed by atoms with van der Waals surface area (Å²) in [7, 11) is 2.15. The minimum absolute atomic E-state index is 0.235. The van der Waals surface area contributed by atoms with E-state index in [1.807, 2.05) is 18.3 Å². The van der Waals surface area contributed by atoms with Gasteiger partial charge in [0.1, 0.15) is 0 Å². The Bertz CT molecular complexity index is 839. The monoisotopic (exact) mass is 433 g/mol. The van der Waals surface area contributed by atoms with Crippen LogP contribution in [0.5, 0.6) is 5.88 Å². The van der Waals surface area contributed by atoms with E-state index in [0.29, 0.717) is 16.7 Å². The van der Waals surface area contributed by atoms with Crippen LogP contribution in [0.25, 0.3) is 0 Å². The van der Waals surface area contributed by atoms with Crippen molar-refractivity contribution in [2.45, 2.75) is 38.1 Å². The quantitative estimate of drug-likeness (QED) is 0.583. The first-order valence-corrected chi connectivity index (χ1v) is 11.3. The number of piperidine rings is 1. The lowest BCUT2D eigenvalue weighted by Crippen LogP contribution is -2.31. The molecule has 0 aliphatic carbocycles. The minimum atomic E-state index is 0.235. The van der Waals surface area contributed by atoms with Crippen LogP contribution >= 0.6 is 23.2 Å². The van der Waals surface area contributed by atoms with Crippen molar-refractivity contribution in [3.8, 4) is 5.88 Å². The van der Waals surface area contributed by atoms with Crippen molar-refractivity contribution in [1.29, 1.82) is 0 Å². The number of nitrogens with zero attached hydrogens (tertiary/aromatic N) is 3. The Hall–Kier alpha value is -1.33. The standard InChI is InChI=1S/C23H29Cl2N3O/c1-27-15-18-13-23(29-11-5-10-28-8-3-2-4-9-28)26-14-19(18)20(16-27)17-6-7-21(24)22(25)12-17/h6-7,12-14,20H,2-5,8-11,15-16H2,1H3/t20-/m0/s1. The molecule has 0 unspecified atom stereocenters.